The molecule has 4 heteroatoms. The molecule has 0 saturated heterocycles. The van der Waals surface area contributed by atoms with E-state index in [4.69, 9.17) is 9.47 Å². The van der Waals surface area contributed by atoms with E-state index in [0.717, 1.165) is 66.9 Å². The molecule has 0 aliphatic heterocycles. The average molecular weight is 497 g/mol. The van der Waals surface area contributed by atoms with Crippen molar-refractivity contribution >= 4 is 44.3 Å². The van der Waals surface area contributed by atoms with E-state index in [1.165, 1.54) is 0 Å². The normalized spacial score (nSPS) is 10.9. The highest BCUT2D eigenvalue weighted by Gasteiger charge is 2.24. The minimum atomic E-state index is 0.757. The number of para-hydroxylation sites is 2. The van der Waals surface area contributed by atoms with Crippen LogP contribution >= 0.6 is 0 Å². The summed E-state index contributed by atoms with van der Waals surface area (Å²) in [7, 11) is 3.45. The zero-order chi connectivity index (χ0) is 25.9. The quantitative estimate of drug-likeness (QED) is 0.231. The van der Waals surface area contributed by atoms with Gasteiger partial charge in [-0.1, -0.05) is 84.9 Å². The first-order valence-corrected chi connectivity index (χ1v) is 12.6. The molecule has 0 aliphatic carbocycles. The fourth-order valence-corrected chi connectivity index (χ4v) is 5.12. The minimum absolute atomic E-state index is 0.757. The summed E-state index contributed by atoms with van der Waals surface area (Å²) >= 11 is 0. The topological polar surface area (TPSA) is 42.5 Å². The van der Waals surface area contributed by atoms with Crippen molar-refractivity contribution in [3.05, 3.63) is 121 Å². The van der Waals surface area contributed by atoms with Crippen LogP contribution in [0.3, 0.4) is 0 Å². The molecule has 4 nitrogen and oxygen atoms in total. The molecule has 6 rings (SSSR count). The number of methoxy groups -OCH3 is 2. The summed E-state index contributed by atoms with van der Waals surface area (Å²) in [5.41, 5.74) is 5.72. The Labute approximate surface area is 222 Å². The molecule has 0 radical (unpaired) electrons. The molecule has 186 valence electrons. The molecule has 0 aromatic heterocycles. The maximum Gasteiger partial charge on any atom is 0.150 e. The van der Waals surface area contributed by atoms with Crippen LogP contribution in [0.4, 0.5) is 22.7 Å². The van der Waals surface area contributed by atoms with E-state index < -0.39 is 0 Å². The third-order valence-electron chi connectivity index (χ3n) is 6.77. The van der Waals surface area contributed by atoms with E-state index in [1.807, 2.05) is 36.4 Å². The van der Waals surface area contributed by atoms with Gasteiger partial charge in [0.25, 0.3) is 0 Å². The Kier molecular flexibility index (Phi) is 6.29. The first-order chi connectivity index (χ1) is 18.8. The van der Waals surface area contributed by atoms with E-state index >= 15 is 0 Å². The summed E-state index contributed by atoms with van der Waals surface area (Å²) in [6, 6.07) is 41.4. The van der Waals surface area contributed by atoms with Crippen molar-refractivity contribution in [3.8, 4) is 22.6 Å². The van der Waals surface area contributed by atoms with Crippen molar-refractivity contribution in [2.75, 3.05) is 24.9 Å². The van der Waals surface area contributed by atoms with E-state index in [0.29, 0.717) is 0 Å². The zero-order valence-corrected chi connectivity index (χ0v) is 21.4. The summed E-state index contributed by atoms with van der Waals surface area (Å²) in [5.74, 6) is 1.51. The number of hydrogen-bond donors (Lipinski definition) is 2. The van der Waals surface area contributed by atoms with Crippen LogP contribution in [0.5, 0.6) is 11.5 Å². The fourth-order valence-electron chi connectivity index (χ4n) is 5.12. The molecular formula is C34H28N2O2. The Balaban J connectivity index is 1.69. The van der Waals surface area contributed by atoms with Crippen LogP contribution in [0, 0.1) is 0 Å². The summed E-state index contributed by atoms with van der Waals surface area (Å²) in [6.07, 6.45) is 0. The van der Waals surface area contributed by atoms with Crippen LogP contribution in [0.15, 0.2) is 121 Å². The van der Waals surface area contributed by atoms with Gasteiger partial charge in [-0.25, -0.2) is 0 Å². The van der Waals surface area contributed by atoms with E-state index in [9.17, 15) is 0 Å². The summed E-state index contributed by atoms with van der Waals surface area (Å²) in [6.45, 7) is 0. The number of hydrogen-bond acceptors (Lipinski definition) is 4. The Morgan fingerprint density at radius 1 is 0.447 bits per heavy atom. The molecule has 6 aromatic carbocycles. The largest absolute Gasteiger partial charge is 0.494 e. The van der Waals surface area contributed by atoms with E-state index in [-0.39, 0.29) is 0 Å². The number of anilines is 4. The molecule has 0 saturated carbocycles. The fraction of sp³-hybridized carbons (Fsp3) is 0.0588. The molecule has 0 fully saturated rings. The van der Waals surface area contributed by atoms with Crippen LogP contribution < -0.4 is 20.1 Å². The number of ether oxygens (including phenoxy) is 2. The first-order valence-electron chi connectivity index (χ1n) is 12.6. The van der Waals surface area contributed by atoms with Gasteiger partial charge in [-0.3, -0.25) is 0 Å². The van der Waals surface area contributed by atoms with Gasteiger partial charge in [-0.05, 0) is 57.9 Å². The summed E-state index contributed by atoms with van der Waals surface area (Å²) in [4.78, 5) is 0. The lowest BCUT2D eigenvalue weighted by Crippen LogP contribution is -2.01. The molecule has 6 aromatic rings. The lowest BCUT2D eigenvalue weighted by atomic mass is 9.90. The molecule has 0 aliphatic rings. The Morgan fingerprint density at radius 3 is 1.21 bits per heavy atom. The number of nitrogens with one attached hydrogen (secondary N) is 2. The third kappa shape index (κ3) is 4.27. The van der Waals surface area contributed by atoms with Crippen LogP contribution in [0.2, 0.25) is 0 Å². The smallest absolute Gasteiger partial charge is 0.150 e. The lowest BCUT2D eigenvalue weighted by Gasteiger charge is -2.23. The van der Waals surface area contributed by atoms with Gasteiger partial charge in [0.15, 0.2) is 11.5 Å². The van der Waals surface area contributed by atoms with E-state index in [1.54, 1.807) is 14.2 Å². The minimum Gasteiger partial charge on any atom is -0.494 e. The SMILES string of the molecule is COc1c(Nc2ccccc2)cc2ccccc2c1-c1c(OC)c(Nc2ccccc2)cc2ccccc12. The maximum absolute atomic E-state index is 6.18. The van der Waals surface area contributed by atoms with Gasteiger partial charge in [0.05, 0.1) is 25.6 Å². The summed E-state index contributed by atoms with van der Waals surface area (Å²) < 4.78 is 12.4. The number of benzene rings is 6. The molecule has 0 atom stereocenters. The molecule has 0 spiro atoms. The van der Waals surface area contributed by atoms with Gasteiger partial charge in [0.2, 0.25) is 0 Å². The van der Waals surface area contributed by atoms with Crippen molar-refractivity contribution in [1.29, 1.82) is 0 Å². The molecule has 0 heterocycles. The second-order valence-electron chi connectivity index (χ2n) is 9.09. The molecule has 0 bridgehead atoms. The van der Waals surface area contributed by atoms with Crippen LogP contribution in [-0.4, -0.2) is 14.2 Å². The highest BCUT2D eigenvalue weighted by atomic mass is 16.5. The molecule has 0 amide bonds. The van der Waals surface area contributed by atoms with Crippen molar-refractivity contribution in [2.24, 2.45) is 0 Å². The standard InChI is InChI=1S/C34H28N2O2/c1-37-33-29(35-25-15-5-3-6-16-25)21-23-13-9-11-19-27(23)31(33)32-28-20-12-10-14-24(28)22-30(34(32)38-2)36-26-17-7-4-8-18-26/h3-22,35-36H,1-2H3. The van der Waals surface area contributed by atoms with Gasteiger partial charge in [0.1, 0.15) is 0 Å². The van der Waals surface area contributed by atoms with Gasteiger partial charge in [-0.15, -0.1) is 0 Å². The average Bonchev–Trinajstić information content (AvgIpc) is 2.97. The highest BCUT2D eigenvalue weighted by Crippen LogP contribution is 2.51. The maximum atomic E-state index is 6.18. The monoisotopic (exact) mass is 496 g/mol. The summed E-state index contributed by atoms with van der Waals surface area (Å²) in [5, 5.41) is 11.6. The van der Waals surface area contributed by atoms with Crippen LogP contribution in [0.25, 0.3) is 32.7 Å². The third-order valence-corrected chi connectivity index (χ3v) is 6.77. The zero-order valence-electron chi connectivity index (χ0n) is 21.4. The van der Waals surface area contributed by atoms with Crippen LogP contribution in [0.1, 0.15) is 0 Å². The second-order valence-corrected chi connectivity index (χ2v) is 9.09. The van der Waals surface area contributed by atoms with Crippen molar-refractivity contribution in [1.82, 2.24) is 0 Å². The Hall–Kier alpha value is -4.96. The van der Waals surface area contributed by atoms with Crippen LogP contribution in [-0.2, 0) is 0 Å². The number of rotatable bonds is 7. The van der Waals surface area contributed by atoms with Gasteiger partial charge in [0, 0.05) is 22.5 Å². The Morgan fingerprint density at radius 2 is 0.816 bits per heavy atom. The lowest BCUT2D eigenvalue weighted by molar-refractivity contribution is 0.413. The van der Waals surface area contributed by atoms with Gasteiger partial charge < -0.3 is 20.1 Å². The van der Waals surface area contributed by atoms with Crippen molar-refractivity contribution in [2.45, 2.75) is 0 Å². The number of fused-ring (bicyclic) bond motifs is 2. The molecule has 38 heavy (non-hydrogen) atoms. The van der Waals surface area contributed by atoms with Crippen molar-refractivity contribution < 1.29 is 9.47 Å². The second kappa shape index (κ2) is 10.2. The van der Waals surface area contributed by atoms with E-state index in [2.05, 4.69) is 95.6 Å². The Bertz CT molecular complexity index is 1600. The van der Waals surface area contributed by atoms with Gasteiger partial charge >= 0.3 is 0 Å². The highest BCUT2D eigenvalue weighted by molar-refractivity contribution is 6.14. The molecule has 0 unspecified atom stereocenters. The molecule has 2 N–H and O–H groups in total. The van der Waals surface area contributed by atoms with Gasteiger partial charge in [-0.2, -0.15) is 0 Å². The predicted molar refractivity (Wildman–Crippen MR) is 159 cm³/mol. The van der Waals surface area contributed by atoms with Crippen molar-refractivity contribution in [3.63, 3.8) is 0 Å². The molecular weight excluding hydrogens is 468 g/mol. The predicted octanol–water partition coefficient (Wildman–Crippen LogP) is 9.16. The first kappa shape index (κ1) is 23.4.